The second-order valence-corrected chi connectivity index (χ2v) is 13.4. The molecule has 2 heterocycles. The van der Waals surface area contributed by atoms with Gasteiger partial charge in [-0.05, 0) is 98.8 Å². The number of fused-ring (bicyclic) bond motifs is 7. The zero-order valence-electron chi connectivity index (χ0n) is 25.1. The lowest BCUT2D eigenvalue weighted by Gasteiger charge is -2.21. The van der Waals surface area contributed by atoms with Crippen LogP contribution < -0.4 is 0 Å². The van der Waals surface area contributed by atoms with Gasteiger partial charge in [-0.1, -0.05) is 92.7 Å². The molecule has 2 aliphatic rings. The van der Waals surface area contributed by atoms with E-state index >= 15 is 0 Å². The third kappa shape index (κ3) is 2.78. The van der Waals surface area contributed by atoms with E-state index in [0.717, 1.165) is 0 Å². The highest BCUT2D eigenvalue weighted by molar-refractivity contribution is 6.33. The average molecular weight is 573 g/mol. The number of nitrogens with zero attached hydrogens (tertiary/aromatic N) is 2. The zero-order valence-corrected chi connectivity index (χ0v) is 25.1. The zero-order chi connectivity index (χ0) is 29.6. The van der Waals surface area contributed by atoms with Crippen molar-refractivity contribution in [3.8, 4) is 33.6 Å². The summed E-state index contributed by atoms with van der Waals surface area (Å²) in [5.74, 6) is 0. The molecular weight excluding hydrogens is 544 g/mol. The first-order valence-electron chi connectivity index (χ1n) is 15.9. The molecule has 2 heteroatoms. The fourth-order valence-electron chi connectivity index (χ4n) is 8.85. The lowest BCUT2D eigenvalue weighted by molar-refractivity contribution is 0.661. The lowest BCUT2D eigenvalue weighted by atomic mass is 9.82. The van der Waals surface area contributed by atoms with Crippen LogP contribution in [0.1, 0.15) is 25.0 Å². The largest absolute Gasteiger partial charge is 0.309 e. The van der Waals surface area contributed by atoms with Gasteiger partial charge in [0.1, 0.15) is 0 Å². The predicted molar refractivity (Wildman–Crippen MR) is 189 cm³/mol. The van der Waals surface area contributed by atoms with Crippen molar-refractivity contribution in [1.82, 2.24) is 9.13 Å². The fraction of sp³-hybridized carbons (Fsp3) is 0.0698. The Kier molecular flexibility index (Phi) is 4.19. The van der Waals surface area contributed by atoms with Crippen LogP contribution in [0.25, 0.3) is 88.0 Å². The van der Waals surface area contributed by atoms with E-state index in [1.807, 2.05) is 0 Å². The van der Waals surface area contributed by atoms with E-state index in [1.54, 1.807) is 0 Å². The minimum atomic E-state index is -0.0260. The molecular formula is C43H28N2. The SMILES string of the molecule is CC1(C)c2ccccc2-c2cc3c(cc21)c1ccccc1n3-c1ccc(-n2c3cccc4c3c3c5c-4cccc5ccc32)cc1. The molecule has 0 atom stereocenters. The smallest absolute Gasteiger partial charge is 0.0547 e. The normalized spacial score (nSPS) is 14.2. The van der Waals surface area contributed by atoms with Crippen LogP contribution in [-0.4, -0.2) is 9.13 Å². The van der Waals surface area contributed by atoms with Crippen molar-refractivity contribution in [1.29, 1.82) is 0 Å². The van der Waals surface area contributed by atoms with E-state index in [1.165, 1.54) is 99.1 Å². The van der Waals surface area contributed by atoms with Crippen molar-refractivity contribution in [2.75, 3.05) is 0 Å². The van der Waals surface area contributed by atoms with Gasteiger partial charge in [0.2, 0.25) is 0 Å². The number of para-hydroxylation sites is 1. The van der Waals surface area contributed by atoms with Gasteiger partial charge in [-0.25, -0.2) is 0 Å². The monoisotopic (exact) mass is 572 g/mol. The topological polar surface area (TPSA) is 9.86 Å². The summed E-state index contributed by atoms with van der Waals surface area (Å²) >= 11 is 0. The molecule has 0 aliphatic heterocycles. The van der Waals surface area contributed by atoms with Crippen molar-refractivity contribution in [3.63, 3.8) is 0 Å². The molecule has 210 valence electrons. The van der Waals surface area contributed by atoms with E-state index in [-0.39, 0.29) is 5.41 Å². The Hall–Kier alpha value is -5.60. The van der Waals surface area contributed by atoms with Gasteiger partial charge in [0.25, 0.3) is 0 Å². The minimum absolute atomic E-state index is 0.0260. The lowest BCUT2D eigenvalue weighted by Crippen LogP contribution is -2.14. The fourth-order valence-corrected chi connectivity index (χ4v) is 8.85. The summed E-state index contributed by atoms with van der Waals surface area (Å²) < 4.78 is 4.90. The third-order valence-corrected chi connectivity index (χ3v) is 10.8. The molecule has 0 saturated heterocycles. The van der Waals surface area contributed by atoms with Crippen molar-refractivity contribution in [3.05, 3.63) is 145 Å². The Morgan fingerprint density at radius 2 is 1.04 bits per heavy atom. The van der Waals surface area contributed by atoms with Crippen molar-refractivity contribution in [2.45, 2.75) is 19.3 Å². The van der Waals surface area contributed by atoms with Crippen LogP contribution in [0, 0.1) is 0 Å². The highest BCUT2D eigenvalue weighted by Crippen LogP contribution is 2.52. The number of rotatable bonds is 2. The van der Waals surface area contributed by atoms with E-state index < -0.39 is 0 Å². The first kappa shape index (κ1) is 23.8. The van der Waals surface area contributed by atoms with Crippen LogP contribution in [0.5, 0.6) is 0 Å². The highest BCUT2D eigenvalue weighted by atomic mass is 15.0. The van der Waals surface area contributed by atoms with Crippen LogP contribution in [0.15, 0.2) is 133 Å². The molecule has 45 heavy (non-hydrogen) atoms. The molecule has 0 unspecified atom stereocenters. The molecule has 0 fully saturated rings. The Morgan fingerprint density at radius 3 is 1.89 bits per heavy atom. The van der Waals surface area contributed by atoms with E-state index in [0.29, 0.717) is 0 Å². The summed E-state index contributed by atoms with van der Waals surface area (Å²) in [6, 6.07) is 49.9. The standard InChI is InChI=1S/C43H28N2/c1-43(2)34-14-5-3-10-28(34)32-24-39-33(23-35(32)43)29-11-4-6-15-36(29)44(39)26-18-20-27(21-19-26)45-37-16-8-13-31-30-12-7-9-25-17-22-38(45)42(40(25)30)41(31)37/h3-24H,1-2H3. The Bertz CT molecular complexity index is 2770. The molecule has 9 aromatic rings. The second-order valence-electron chi connectivity index (χ2n) is 13.4. The summed E-state index contributed by atoms with van der Waals surface area (Å²) in [6.45, 7) is 4.73. The number of aromatic nitrogens is 2. The molecule has 0 bridgehead atoms. The predicted octanol–water partition coefficient (Wildman–Crippen LogP) is 11.3. The van der Waals surface area contributed by atoms with Crippen LogP contribution in [-0.2, 0) is 5.41 Å². The van der Waals surface area contributed by atoms with E-state index in [2.05, 4.69) is 156 Å². The maximum atomic E-state index is 2.46. The first-order valence-corrected chi connectivity index (χ1v) is 15.9. The van der Waals surface area contributed by atoms with Crippen molar-refractivity contribution in [2.24, 2.45) is 0 Å². The summed E-state index contributed by atoms with van der Waals surface area (Å²) in [6.07, 6.45) is 0. The molecule has 2 aliphatic carbocycles. The highest BCUT2D eigenvalue weighted by Gasteiger charge is 2.36. The van der Waals surface area contributed by atoms with Gasteiger partial charge < -0.3 is 9.13 Å². The van der Waals surface area contributed by atoms with Gasteiger partial charge in [-0.3, -0.25) is 0 Å². The molecule has 0 saturated carbocycles. The molecule has 11 rings (SSSR count). The van der Waals surface area contributed by atoms with Crippen LogP contribution in [0.2, 0.25) is 0 Å². The van der Waals surface area contributed by atoms with Crippen LogP contribution in [0.4, 0.5) is 0 Å². The summed E-state index contributed by atoms with van der Waals surface area (Å²) in [5, 5.41) is 8.08. The summed E-state index contributed by atoms with van der Waals surface area (Å²) in [4.78, 5) is 0. The van der Waals surface area contributed by atoms with Crippen molar-refractivity contribution >= 4 is 54.4 Å². The van der Waals surface area contributed by atoms with E-state index in [4.69, 9.17) is 0 Å². The average Bonchev–Trinajstić information content (AvgIpc) is 3.77. The number of benzene rings is 7. The second kappa shape index (κ2) is 7.91. The van der Waals surface area contributed by atoms with E-state index in [9.17, 15) is 0 Å². The van der Waals surface area contributed by atoms with Gasteiger partial charge in [0.15, 0.2) is 0 Å². The van der Waals surface area contributed by atoms with Gasteiger partial charge in [0.05, 0.1) is 22.1 Å². The molecule has 0 spiro atoms. The molecule has 7 aromatic carbocycles. The maximum Gasteiger partial charge on any atom is 0.0547 e. The van der Waals surface area contributed by atoms with Gasteiger partial charge >= 0.3 is 0 Å². The summed E-state index contributed by atoms with van der Waals surface area (Å²) in [7, 11) is 0. The Labute approximate surface area is 260 Å². The van der Waals surface area contributed by atoms with Crippen LogP contribution >= 0.6 is 0 Å². The molecule has 2 nitrogen and oxygen atoms in total. The van der Waals surface area contributed by atoms with Gasteiger partial charge in [-0.15, -0.1) is 0 Å². The first-order chi connectivity index (χ1) is 22.1. The minimum Gasteiger partial charge on any atom is -0.309 e. The van der Waals surface area contributed by atoms with Gasteiger partial charge in [-0.2, -0.15) is 0 Å². The Morgan fingerprint density at radius 1 is 0.400 bits per heavy atom. The molecule has 0 N–H and O–H groups in total. The summed E-state index contributed by atoms with van der Waals surface area (Å²) in [5.41, 5.74) is 15.6. The molecule has 0 radical (unpaired) electrons. The third-order valence-electron chi connectivity index (χ3n) is 10.8. The Balaban J connectivity index is 1.15. The molecule has 0 amide bonds. The molecule has 2 aromatic heterocycles. The van der Waals surface area contributed by atoms with Crippen LogP contribution in [0.3, 0.4) is 0 Å². The number of hydrogen-bond donors (Lipinski definition) is 0. The van der Waals surface area contributed by atoms with Crippen molar-refractivity contribution < 1.29 is 0 Å². The number of hydrogen-bond acceptors (Lipinski definition) is 0. The maximum absolute atomic E-state index is 2.46. The quantitative estimate of drug-likeness (QED) is 0.195. The van der Waals surface area contributed by atoms with Gasteiger partial charge in [0, 0.05) is 38.3 Å².